The number of carbonyl (C=O) groups excluding carboxylic acids is 1. The molecule has 0 aliphatic carbocycles. The van der Waals surface area contributed by atoms with Crippen molar-refractivity contribution < 1.29 is 17.6 Å². The maximum Gasteiger partial charge on any atom is 0.235 e. The van der Waals surface area contributed by atoms with E-state index in [4.69, 9.17) is 0 Å². The summed E-state index contributed by atoms with van der Waals surface area (Å²) in [6.07, 6.45) is 0.486. The number of nitrogens with one attached hydrogen (secondary N) is 1. The van der Waals surface area contributed by atoms with Gasteiger partial charge in [-0.15, -0.1) is 11.8 Å². The van der Waals surface area contributed by atoms with Gasteiger partial charge in [0.25, 0.3) is 0 Å². The van der Waals surface area contributed by atoms with E-state index in [1.807, 2.05) is 6.92 Å². The minimum Gasteiger partial charge on any atom is -0.310 e. The lowest BCUT2D eigenvalue weighted by atomic mass is 10.0. The Balaban J connectivity index is 1.81. The Labute approximate surface area is 155 Å². The number of halogens is 1. The highest BCUT2D eigenvalue weighted by atomic mass is 32.2. The fourth-order valence-corrected chi connectivity index (χ4v) is 6.42. The second kappa shape index (κ2) is 6.38. The monoisotopic (exact) mass is 395 g/mol. The van der Waals surface area contributed by atoms with Crippen LogP contribution in [0.2, 0.25) is 0 Å². The lowest BCUT2D eigenvalue weighted by molar-refractivity contribution is -0.113. The SMILES string of the molecule is Cc1nn([C@H]2CCS(=O)(=O)C2)c2c1[C@H](c1ccc(F)cc1)SCC(=O)N2. The van der Waals surface area contributed by atoms with Gasteiger partial charge in [0, 0.05) is 5.56 Å². The van der Waals surface area contributed by atoms with Crippen molar-refractivity contribution >= 4 is 33.3 Å². The first kappa shape index (κ1) is 17.5. The van der Waals surface area contributed by atoms with Gasteiger partial charge in [0.15, 0.2) is 9.84 Å². The standard InChI is InChI=1S/C17H18FN3O3S2/c1-10-15-16(11-2-4-12(18)5-3-11)25-8-14(22)19-17(15)21(20-10)13-6-7-26(23,24)9-13/h2-5,13,16H,6-9H2,1H3,(H,19,22)/t13-,16-/m0/s1. The molecule has 1 aromatic carbocycles. The van der Waals surface area contributed by atoms with Gasteiger partial charge in [0.2, 0.25) is 5.91 Å². The molecule has 1 fully saturated rings. The number of sulfone groups is 1. The lowest BCUT2D eigenvalue weighted by Crippen LogP contribution is -2.20. The van der Waals surface area contributed by atoms with Crippen LogP contribution in [0.4, 0.5) is 10.2 Å². The molecule has 1 aromatic heterocycles. The molecular weight excluding hydrogens is 377 g/mol. The minimum atomic E-state index is -3.07. The van der Waals surface area contributed by atoms with Gasteiger partial charge in [-0.05, 0) is 31.0 Å². The zero-order valence-electron chi connectivity index (χ0n) is 14.1. The molecule has 2 aliphatic rings. The highest BCUT2D eigenvalue weighted by Gasteiger charge is 2.36. The van der Waals surface area contributed by atoms with Crippen molar-refractivity contribution in [1.82, 2.24) is 9.78 Å². The second-order valence-electron chi connectivity index (χ2n) is 6.64. The van der Waals surface area contributed by atoms with Gasteiger partial charge >= 0.3 is 0 Å². The van der Waals surface area contributed by atoms with Crippen molar-refractivity contribution in [3.63, 3.8) is 0 Å². The fraction of sp³-hybridized carbons (Fsp3) is 0.412. The van der Waals surface area contributed by atoms with Gasteiger partial charge in [-0.1, -0.05) is 12.1 Å². The van der Waals surface area contributed by atoms with E-state index >= 15 is 0 Å². The number of amides is 1. The molecule has 0 unspecified atom stereocenters. The molecule has 26 heavy (non-hydrogen) atoms. The molecule has 0 bridgehead atoms. The van der Waals surface area contributed by atoms with Crippen molar-refractivity contribution in [1.29, 1.82) is 0 Å². The molecule has 0 saturated carbocycles. The van der Waals surface area contributed by atoms with Gasteiger partial charge < -0.3 is 5.32 Å². The van der Waals surface area contributed by atoms with E-state index in [0.717, 1.165) is 16.8 Å². The number of nitrogens with zero attached hydrogens (tertiary/aromatic N) is 2. The summed E-state index contributed by atoms with van der Waals surface area (Å²) in [6.45, 7) is 1.85. The quantitative estimate of drug-likeness (QED) is 0.845. The number of hydrogen-bond donors (Lipinski definition) is 1. The molecule has 9 heteroatoms. The average Bonchev–Trinajstić information content (AvgIpc) is 3.03. The largest absolute Gasteiger partial charge is 0.310 e. The summed E-state index contributed by atoms with van der Waals surface area (Å²) in [5.74, 6) is 0.529. The van der Waals surface area contributed by atoms with E-state index in [1.165, 1.54) is 23.9 Å². The first-order valence-corrected chi connectivity index (χ1v) is 11.2. The van der Waals surface area contributed by atoms with E-state index in [-0.39, 0.29) is 40.3 Å². The maximum absolute atomic E-state index is 13.3. The summed E-state index contributed by atoms with van der Waals surface area (Å²) in [6, 6.07) is 5.95. The summed E-state index contributed by atoms with van der Waals surface area (Å²) in [5.41, 5.74) is 2.49. The highest BCUT2D eigenvalue weighted by molar-refractivity contribution is 8.00. The predicted molar refractivity (Wildman–Crippen MR) is 98.6 cm³/mol. The molecule has 3 heterocycles. The van der Waals surface area contributed by atoms with Crippen molar-refractivity contribution in [2.24, 2.45) is 0 Å². The molecule has 138 valence electrons. The number of aryl methyl sites for hydroxylation is 1. The zero-order chi connectivity index (χ0) is 18.5. The summed E-state index contributed by atoms with van der Waals surface area (Å²) in [7, 11) is -3.07. The van der Waals surface area contributed by atoms with E-state index in [9.17, 15) is 17.6 Å². The number of rotatable bonds is 2. The summed E-state index contributed by atoms with van der Waals surface area (Å²) in [4.78, 5) is 12.2. The molecular formula is C17H18FN3O3S2. The molecule has 4 rings (SSSR count). The minimum absolute atomic E-state index is 0.0325. The third-order valence-electron chi connectivity index (χ3n) is 4.76. The molecule has 2 aromatic rings. The highest BCUT2D eigenvalue weighted by Crippen LogP contribution is 2.44. The molecule has 0 spiro atoms. The lowest BCUT2D eigenvalue weighted by Gasteiger charge is -2.16. The zero-order valence-corrected chi connectivity index (χ0v) is 15.7. The third-order valence-corrected chi connectivity index (χ3v) is 7.78. The van der Waals surface area contributed by atoms with Crippen molar-refractivity contribution in [3.05, 3.63) is 46.9 Å². The van der Waals surface area contributed by atoms with Crippen molar-refractivity contribution in [2.45, 2.75) is 24.6 Å². The van der Waals surface area contributed by atoms with Crippen LogP contribution in [0.5, 0.6) is 0 Å². The normalized spacial score (nSPS) is 24.8. The Morgan fingerprint density at radius 1 is 1.31 bits per heavy atom. The first-order chi connectivity index (χ1) is 12.3. The molecule has 0 radical (unpaired) electrons. The summed E-state index contributed by atoms with van der Waals surface area (Å²) >= 11 is 1.46. The third kappa shape index (κ3) is 3.14. The van der Waals surface area contributed by atoms with Crippen molar-refractivity contribution in [3.8, 4) is 0 Å². The van der Waals surface area contributed by atoms with Crippen LogP contribution in [0.25, 0.3) is 0 Å². The number of hydrogen-bond acceptors (Lipinski definition) is 5. The van der Waals surface area contributed by atoms with Crippen LogP contribution in [0.15, 0.2) is 24.3 Å². The summed E-state index contributed by atoms with van der Waals surface area (Å²) < 4.78 is 38.7. The Kier molecular flexibility index (Phi) is 4.31. The van der Waals surface area contributed by atoms with Crippen LogP contribution < -0.4 is 5.32 Å². The molecule has 2 atom stereocenters. The van der Waals surface area contributed by atoms with Gasteiger partial charge in [-0.2, -0.15) is 5.10 Å². The first-order valence-electron chi connectivity index (χ1n) is 8.30. The van der Waals surface area contributed by atoms with Crippen molar-refractivity contribution in [2.75, 3.05) is 22.6 Å². The maximum atomic E-state index is 13.3. The van der Waals surface area contributed by atoms with Crippen LogP contribution in [0, 0.1) is 12.7 Å². The number of benzene rings is 1. The fourth-order valence-electron chi connectivity index (χ4n) is 3.54. The second-order valence-corrected chi connectivity index (χ2v) is 9.96. The van der Waals surface area contributed by atoms with E-state index in [1.54, 1.807) is 16.8 Å². The van der Waals surface area contributed by atoms with E-state index in [0.29, 0.717) is 12.2 Å². The predicted octanol–water partition coefficient (Wildman–Crippen LogP) is 2.46. The molecule has 2 aliphatic heterocycles. The molecule has 1 saturated heterocycles. The molecule has 1 amide bonds. The number of aromatic nitrogens is 2. The van der Waals surface area contributed by atoms with Crippen LogP contribution in [-0.4, -0.2) is 41.4 Å². The van der Waals surface area contributed by atoms with Gasteiger partial charge in [-0.3, -0.25) is 4.79 Å². The van der Waals surface area contributed by atoms with Crippen LogP contribution >= 0.6 is 11.8 Å². The molecule has 6 nitrogen and oxygen atoms in total. The van der Waals surface area contributed by atoms with Gasteiger partial charge in [-0.25, -0.2) is 17.5 Å². The van der Waals surface area contributed by atoms with Crippen LogP contribution in [0.3, 0.4) is 0 Å². The number of anilines is 1. The van der Waals surface area contributed by atoms with E-state index < -0.39 is 9.84 Å². The Morgan fingerprint density at radius 3 is 2.69 bits per heavy atom. The number of thioether (sulfide) groups is 1. The van der Waals surface area contributed by atoms with Gasteiger partial charge in [0.05, 0.1) is 34.2 Å². The summed E-state index contributed by atoms with van der Waals surface area (Å²) in [5, 5.41) is 7.29. The van der Waals surface area contributed by atoms with Crippen LogP contribution in [-0.2, 0) is 14.6 Å². The Bertz CT molecular complexity index is 970. The van der Waals surface area contributed by atoms with Gasteiger partial charge in [0.1, 0.15) is 11.6 Å². The Morgan fingerprint density at radius 2 is 2.04 bits per heavy atom. The average molecular weight is 395 g/mol. The number of fused-ring (bicyclic) bond motifs is 1. The topological polar surface area (TPSA) is 81.1 Å². The Hall–Kier alpha value is -1.87. The molecule has 1 N–H and O–H groups in total. The number of carbonyl (C=O) groups is 1. The smallest absolute Gasteiger partial charge is 0.235 e. The van der Waals surface area contributed by atoms with Crippen LogP contribution in [0.1, 0.15) is 34.5 Å². The van der Waals surface area contributed by atoms with E-state index in [2.05, 4.69) is 10.4 Å².